The molecule has 0 fully saturated rings. The van der Waals surface area contributed by atoms with Crippen LogP contribution >= 0.6 is 0 Å². The van der Waals surface area contributed by atoms with Gasteiger partial charge in [0.25, 0.3) is 0 Å². The van der Waals surface area contributed by atoms with Crippen LogP contribution in [0.15, 0.2) is 0 Å². The van der Waals surface area contributed by atoms with Crippen molar-refractivity contribution in [3.8, 4) is 11.5 Å². The lowest BCUT2D eigenvalue weighted by molar-refractivity contribution is -0.271. The van der Waals surface area contributed by atoms with E-state index in [2.05, 4.69) is 0 Å². The molecule has 9 rings (SSSR count). The minimum Gasteiger partial charge on any atom is -0.507 e. The van der Waals surface area contributed by atoms with Crippen LogP contribution in [0.4, 0.5) is 0 Å². The zero-order chi connectivity index (χ0) is 27.9. The highest BCUT2D eigenvalue weighted by atomic mass is 16.7. The number of hydrogen-bond acceptors (Lipinski definition) is 10. The summed E-state index contributed by atoms with van der Waals surface area (Å²) in [6, 6.07) is 0. The average Bonchev–Trinajstić information content (AvgIpc) is 2.85. The molecule has 0 aromatic heterocycles. The van der Waals surface area contributed by atoms with Crippen molar-refractivity contribution in [3.05, 3.63) is 44.5 Å². The van der Waals surface area contributed by atoms with Gasteiger partial charge in [0, 0.05) is 44.2 Å². The number of phenolic OH excluding ortho intramolecular Hbond substituents is 2. The molecule has 10 nitrogen and oxygen atoms in total. The number of hydrogen-bond donors (Lipinski definition) is 4. The summed E-state index contributed by atoms with van der Waals surface area (Å²) in [4.78, 5) is 27.6. The molecule has 4 N–H and O–H groups in total. The largest absolute Gasteiger partial charge is 0.507 e. The molecule has 0 bridgehead atoms. The van der Waals surface area contributed by atoms with E-state index in [9.17, 15) is 30.0 Å². The normalized spacial score (nSPS) is 38.1. The number of aromatic hydroxyl groups is 2. The number of aliphatic hydroxyl groups is 2. The van der Waals surface area contributed by atoms with Gasteiger partial charge in [0.15, 0.2) is 11.6 Å². The Bertz CT molecular complexity index is 1710. The van der Waals surface area contributed by atoms with Gasteiger partial charge < -0.3 is 39.4 Å². The second-order valence-corrected chi connectivity index (χ2v) is 12.2. The summed E-state index contributed by atoms with van der Waals surface area (Å²) >= 11 is 0. The Morgan fingerprint density at radius 1 is 0.625 bits per heavy atom. The Kier molecular flexibility index (Phi) is 3.93. The van der Waals surface area contributed by atoms with Crippen LogP contribution in [0.1, 0.15) is 119 Å². The van der Waals surface area contributed by atoms with Gasteiger partial charge in [0.1, 0.15) is 23.7 Å². The number of rotatable bonds is 0. The zero-order valence-corrected chi connectivity index (χ0v) is 22.1. The predicted octanol–water partition coefficient (Wildman–Crippen LogP) is 3.97. The van der Waals surface area contributed by atoms with E-state index in [0.29, 0.717) is 33.0 Å². The topological polar surface area (TPSA) is 152 Å². The number of ketones is 2. The molecule has 2 aliphatic carbocycles. The maximum atomic E-state index is 13.8. The Hall–Kier alpha value is -3.12. The van der Waals surface area contributed by atoms with Gasteiger partial charge >= 0.3 is 0 Å². The van der Waals surface area contributed by atoms with Crippen LogP contribution in [0, 0.1) is 0 Å². The smallest absolute Gasteiger partial charge is 0.201 e. The SMILES string of the molecule is C[C@H]1O[C@H](C)[C@@H]2O[C@]3(O)CC(=O)c4c(O)c5c6c7c8c9c(c(O)c1c2c9c3c47)C(=O)C[C@]8(O)O[C@@H]6[C@@H](C)O[C@@H]5C. The van der Waals surface area contributed by atoms with Gasteiger partial charge in [-0.2, -0.15) is 0 Å². The van der Waals surface area contributed by atoms with E-state index in [0.717, 1.165) is 0 Å². The van der Waals surface area contributed by atoms with Gasteiger partial charge in [-0.25, -0.2) is 0 Å². The fraction of sp³-hybridized carbons (Fsp3) is 0.467. The van der Waals surface area contributed by atoms with E-state index >= 15 is 0 Å². The fourth-order valence-corrected chi connectivity index (χ4v) is 8.67. The Morgan fingerprint density at radius 2 is 1.00 bits per heavy atom. The van der Waals surface area contributed by atoms with Crippen LogP contribution in [0.2, 0.25) is 0 Å². The summed E-state index contributed by atoms with van der Waals surface area (Å²) in [5.74, 6) is -5.73. The zero-order valence-electron chi connectivity index (χ0n) is 22.1. The first-order valence-corrected chi connectivity index (χ1v) is 13.7. The third-order valence-corrected chi connectivity index (χ3v) is 9.96. The Morgan fingerprint density at radius 3 is 1.38 bits per heavy atom. The van der Waals surface area contributed by atoms with Gasteiger partial charge in [-0.3, -0.25) is 9.59 Å². The van der Waals surface area contributed by atoms with Gasteiger partial charge in [0.05, 0.1) is 48.4 Å². The van der Waals surface area contributed by atoms with E-state index in [1.807, 2.05) is 0 Å². The molecule has 0 unspecified atom stereocenters. The highest BCUT2D eigenvalue weighted by molar-refractivity contribution is 6.26. The van der Waals surface area contributed by atoms with Crippen LogP contribution in [0.5, 0.6) is 11.5 Å². The summed E-state index contributed by atoms with van der Waals surface area (Å²) in [5.41, 5.74) is 2.40. The minimum atomic E-state index is -2.10. The summed E-state index contributed by atoms with van der Waals surface area (Å²) in [7, 11) is 0. The minimum absolute atomic E-state index is 0.0232. The van der Waals surface area contributed by atoms with Crippen molar-refractivity contribution in [1.29, 1.82) is 0 Å². The van der Waals surface area contributed by atoms with Crippen molar-refractivity contribution in [2.45, 2.75) is 88.7 Å². The van der Waals surface area contributed by atoms with Gasteiger partial charge in [-0.05, 0) is 38.5 Å². The predicted molar refractivity (Wildman–Crippen MR) is 136 cm³/mol. The van der Waals surface area contributed by atoms with Crippen molar-refractivity contribution in [3.63, 3.8) is 0 Å². The number of phenols is 2. The molecule has 4 heterocycles. The van der Waals surface area contributed by atoms with Crippen LogP contribution < -0.4 is 0 Å². The summed E-state index contributed by atoms with van der Waals surface area (Å²) in [6.45, 7) is 7.10. The van der Waals surface area contributed by atoms with Crippen LogP contribution in [0.25, 0.3) is 21.5 Å². The molecule has 0 saturated carbocycles. The molecule has 40 heavy (non-hydrogen) atoms. The third kappa shape index (κ3) is 2.27. The molecule has 0 radical (unpaired) electrons. The number of carbonyl (C=O) groups is 2. The summed E-state index contributed by atoms with van der Waals surface area (Å²) < 4.78 is 24.8. The van der Waals surface area contributed by atoms with E-state index in [1.165, 1.54) is 0 Å². The lowest BCUT2D eigenvalue weighted by atomic mass is 9.66. The maximum Gasteiger partial charge on any atom is 0.201 e. The highest BCUT2D eigenvalue weighted by Crippen LogP contribution is 2.66. The lowest BCUT2D eigenvalue weighted by Crippen LogP contribution is -2.48. The molecule has 3 aromatic carbocycles. The molecule has 0 spiro atoms. The van der Waals surface area contributed by atoms with Crippen molar-refractivity contribution in [2.75, 3.05) is 0 Å². The fourth-order valence-electron chi connectivity index (χ4n) is 8.67. The maximum absolute atomic E-state index is 13.8. The first-order valence-electron chi connectivity index (χ1n) is 13.7. The lowest BCUT2D eigenvalue weighted by Gasteiger charge is -2.52. The molecule has 4 aliphatic heterocycles. The quantitative estimate of drug-likeness (QED) is 0.305. The van der Waals surface area contributed by atoms with E-state index < -0.39 is 72.6 Å². The Labute approximate surface area is 227 Å². The number of benzene rings is 3. The van der Waals surface area contributed by atoms with Crippen molar-refractivity contribution >= 4 is 33.1 Å². The van der Waals surface area contributed by atoms with Crippen molar-refractivity contribution < 1.29 is 49.0 Å². The van der Waals surface area contributed by atoms with Gasteiger partial charge in [-0.1, -0.05) is 0 Å². The Balaban J connectivity index is 1.66. The molecule has 10 heteroatoms. The van der Waals surface area contributed by atoms with Crippen LogP contribution in [0.3, 0.4) is 0 Å². The first kappa shape index (κ1) is 23.6. The molecule has 8 atom stereocenters. The van der Waals surface area contributed by atoms with E-state index in [1.54, 1.807) is 27.7 Å². The molecule has 206 valence electrons. The number of carbonyl (C=O) groups excluding carboxylic acids is 2. The van der Waals surface area contributed by atoms with Gasteiger partial charge in [-0.15, -0.1) is 0 Å². The standard InChI is InChI=1S/C30H26O10/c1-7-13-21-19-17-15(25(13)33)11(31)5-30(36)24(17)20-18-16(26(34)14-8(2)38-10(4)28(40-30)22(14)20)12(32)6-29(35,23(18)19)39-27(21)9(3)37-7/h7-10,27-28,33-36H,5-6H2,1-4H3/t7-,8-,9-,10-,27-,28+,29+,30-/m1/s1. The number of ether oxygens (including phenoxy) is 4. The van der Waals surface area contributed by atoms with Gasteiger partial charge in [0.2, 0.25) is 11.6 Å². The van der Waals surface area contributed by atoms with Crippen LogP contribution in [-0.4, -0.2) is 44.2 Å². The third-order valence-electron chi connectivity index (χ3n) is 9.96. The van der Waals surface area contributed by atoms with Crippen molar-refractivity contribution in [1.82, 2.24) is 0 Å². The first-order chi connectivity index (χ1) is 18.9. The molecule has 0 saturated heterocycles. The number of Topliss-reactive ketones (excluding diaryl/α,β-unsaturated/α-hetero) is 2. The highest BCUT2D eigenvalue weighted by Gasteiger charge is 2.59. The summed E-state index contributed by atoms with van der Waals surface area (Å²) in [6.07, 6.45) is -5.02. The van der Waals surface area contributed by atoms with Crippen molar-refractivity contribution in [2.24, 2.45) is 0 Å². The average molecular weight is 547 g/mol. The molecule has 3 aromatic rings. The van der Waals surface area contributed by atoms with E-state index in [4.69, 9.17) is 18.9 Å². The second kappa shape index (κ2) is 6.67. The molecule has 6 aliphatic rings. The molecular formula is C30H26O10. The summed E-state index contributed by atoms with van der Waals surface area (Å²) in [5, 5.41) is 49.1. The second-order valence-electron chi connectivity index (χ2n) is 12.2. The van der Waals surface area contributed by atoms with Crippen LogP contribution in [-0.2, 0) is 30.5 Å². The van der Waals surface area contributed by atoms with E-state index in [-0.39, 0.29) is 44.5 Å². The molecule has 0 amide bonds. The molecular weight excluding hydrogens is 520 g/mol. The monoisotopic (exact) mass is 546 g/mol.